The van der Waals surface area contributed by atoms with Crippen LogP contribution < -0.4 is 5.43 Å². The van der Waals surface area contributed by atoms with Gasteiger partial charge in [0.2, 0.25) is 5.76 Å². The molecule has 1 aromatic heterocycles. The van der Waals surface area contributed by atoms with Crippen LogP contribution in [0.15, 0.2) is 39.5 Å². The quantitative estimate of drug-likeness (QED) is 0.809. The van der Waals surface area contributed by atoms with Crippen LogP contribution in [-0.2, 0) is 9.53 Å². The molecule has 1 aliphatic rings. The topological polar surface area (TPSA) is 76.8 Å². The molecule has 2 heterocycles. The predicted molar refractivity (Wildman–Crippen MR) is 83.2 cm³/mol. The van der Waals surface area contributed by atoms with Crippen LogP contribution in [-0.4, -0.2) is 36.0 Å². The van der Waals surface area contributed by atoms with Crippen molar-refractivity contribution in [2.24, 2.45) is 0 Å². The summed E-state index contributed by atoms with van der Waals surface area (Å²) in [6.45, 7) is 2.90. The third-order valence-electron chi connectivity index (χ3n) is 3.89. The number of amides is 1. The number of ether oxygens (including phenoxy) is 1. The highest BCUT2D eigenvalue weighted by Crippen LogP contribution is 2.15. The molecule has 0 radical (unpaired) electrons. The second-order valence-corrected chi connectivity index (χ2v) is 5.55. The molecule has 1 amide bonds. The van der Waals surface area contributed by atoms with Crippen LogP contribution >= 0.6 is 0 Å². The van der Waals surface area contributed by atoms with Crippen LogP contribution in [0.2, 0.25) is 0 Å². The molecular weight excluding hydrogens is 298 g/mol. The van der Waals surface area contributed by atoms with Crippen molar-refractivity contribution >= 4 is 22.8 Å². The summed E-state index contributed by atoms with van der Waals surface area (Å²) < 4.78 is 10.6. The Morgan fingerprint density at radius 2 is 1.91 bits per heavy atom. The lowest BCUT2D eigenvalue weighted by Crippen LogP contribution is -2.38. The molecule has 0 aliphatic carbocycles. The summed E-state index contributed by atoms with van der Waals surface area (Å²) in [5, 5.41) is 0.394. The molecular formula is C17H17NO5. The lowest BCUT2D eigenvalue weighted by molar-refractivity contribution is -0.138. The molecule has 1 fully saturated rings. The Morgan fingerprint density at radius 3 is 2.65 bits per heavy atom. The normalized spacial score (nSPS) is 15.6. The summed E-state index contributed by atoms with van der Waals surface area (Å²) in [5.74, 6) is -1.23. The number of carbonyl (C=O) groups is 2. The fraction of sp³-hybridized carbons (Fsp3) is 0.353. The molecule has 0 bridgehead atoms. The molecule has 0 unspecified atom stereocenters. The molecule has 1 aromatic carbocycles. The van der Waals surface area contributed by atoms with Crippen molar-refractivity contribution in [2.45, 2.75) is 25.9 Å². The van der Waals surface area contributed by atoms with Gasteiger partial charge >= 0.3 is 5.97 Å². The van der Waals surface area contributed by atoms with Gasteiger partial charge < -0.3 is 14.1 Å². The first-order valence-corrected chi connectivity index (χ1v) is 7.59. The van der Waals surface area contributed by atoms with E-state index in [4.69, 9.17) is 9.15 Å². The van der Waals surface area contributed by atoms with Gasteiger partial charge in [-0.15, -0.1) is 0 Å². The molecule has 2 aromatic rings. The zero-order valence-corrected chi connectivity index (χ0v) is 12.8. The summed E-state index contributed by atoms with van der Waals surface area (Å²) in [5.41, 5.74) is -0.0113. The molecule has 0 N–H and O–H groups in total. The SMILES string of the molecule is C[C@H](OC(=O)c1cc(=O)c2ccccc2o1)C(=O)N1CCCC1. The van der Waals surface area contributed by atoms with E-state index in [9.17, 15) is 14.4 Å². The van der Waals surface area contributed by atoms with E-state index < -0.39 is 12.1 Å². The van der Waals surface area contributed by atoms with Crippen molar-refractivity contribution in [3.63, 3.8) is 0 Å². The molecule has 3 rings (SSSR count). The van der Waals surface area contributed by atoms with Gasteiger partial charge in [0.25, 0.3) is 5.91 Å². The summed E-state index contributed by atoms with van der Waals surface area (Å²) in [4.78, 5) is 38.0. The van der Waals surface area contributed by atoms with Crippen molar-refractivity contribution in [1.82, 2.24) is 4.90 Å². The summed E-state index contributed by atoms with van der Waals surface area (Å²) in [6.07, 6.45) is 1.02. The number of nitrogens with zero attached hydrogens (tertiary/aromatic N) is 1. The van der Waals surface area contributed by atoms with E-state index in [-0.39, 0.29) is 17.1 Å². The fourth-order valence-corrected chi connectivity index (χ4v) is 2.67. The zero-order chi connectivity index (χ0) is 16.4. The number of esters is 1. The molecule has 120 valence electrons. The van der Waals surface area contributed by atoms with E-state index in [1.807, 2.05) is 0 Å². The number of carbonyl (C=O) groups excluding carboxylic acids is 2. The summed E-state index contributed by atoms with van der Waals surface area (Å²) in [7, 11) is 0. The van der Waals surface area contributed by atoms with E-state index in [0.29, 0.717) is 24.1 Å². The Bertz CT molecular complexity index is 804. The average molecular weight is 315 g/mol. The minimum atomic E-state index is -0.905. The number of benzene rings is 1. The van der Waals surface area contributed by atoms with Crippen molar-refractivity contribution < 1.29 is 18.7 Å². The second-order valence-electron chi connectivity index (χ2n) is 5.55. The van der Waals surface area contributed by atoms with Crippen LogP contribution in [0.25, 0.3) is 11.0 Å². The van der Waals surface area contributed by atoms with Crippen molar-refractivity contribution in [1.29, 1.82) is 0 Å². The largest absolute Gasteiger partial charge is 0.449 e. The van der Waals surface area contributed by atoms with Gasteiger partial charge in [-0.05, 0) is 31.9 Å². The van der Waals surface area contributed by atoms with E-state index in [1.54, 1.807) is 29.2 Å². The van der Waals surface area contributed by atoms with Gasteiger partial charge in [0.05, 0.1) is 5.39 Å². The number of hydrogen-bond acceptors (Lipinski definition) is 5. The molecule has 0 saturated carbocycles. The van der Waals surface area contributed by atoms with Crippen LogP contribution in [0.5, 0.6) is 0 Å². The number of rotatable bonds is 3. The zero-order valence-electron chi connectivity index (χ0n) is 12.8. The number of likely N-dealkylation sites (tertiary alicyclic amines) is 1. The molecule has 6 heteroatoms. The fourth-order valence-electron chi connectivity index (χ4n) is 2.67. The first kappa shape index (κ1) is 15.3. The molecule has 1 saturated heterocycles. The maximum absolute atomic E-state index is 12.1. The van der Waals surface area contributed by atoms with Gasteiger partial charge in [0.1, 0.15) is 5.58 Å². The van der Waals surface area contributed by atoms with Gasteiger partial charge in [0.15, 0.2) is 11.5 Å². The van der Waals surface area contributed by atoms with Gasteiger partial charge in [-0.2, -0.15) is 0 Å². The van der Waals surface area contributed by atoms with E-state index in [2.05, 4.69) is 0 Å². The lowest BCUT2D eigenvalue weighted by Gasteiger charge is -2.20. The van der Waals surface area contributed by atoms with Crippen LogP contribution in [0.3, 0.4) is 0 Å². The van der Waals surface area contributed by atoms with E-state index in [0.717, 1.165) is 18.9 Å². The molecule has 1 aliphatic heterocycles. The number of hydrogen-bond donors (Lipinski definition) is 0. The summed E-state index contributed by atoms with van der Waals surface area (Å²) >= 11 is 0. The second kappa shape index (κ2) is 6.24. The van der Waals surface area contributed by atoms with Gasteiger partial charge in [0, 0.05) is 19.2 Å². The number of para-hydroxylation sites is 1. The highest BCUT2D eigenvalue weighted by atomic mass is 16.6. The minimum Gasteiger partial charge on any atom is -0.449 e. The van der Waals surface area contributed by atoms with Crippen LogP contribution in [0, 0.1) is 0 Å². The van der Waals surface area contributed by atoms with Gasteiger partial charge in [-0.25, -0.2) is 4.79 Å². The molecule has 1 atom stereocenters. The standard InChI is InChI=1S/C17H17NO5/c1-11(16(20)18-8-4-5-9-18)22-17(21)15-10-13(19)12-6-2-3-7-14(12)23-15/h2-3,6-7,10-11H,4-5,8-9H2,1H3/t11-/m0/s1. The van der Waals surface area contributed by atoms with Crippen molar-refractivity contribution in [3.05, 3.63) is 46.3 Å². The van der Waals surface area contributed by atoms with Crippen LogP contribution in [0.1, 0.15) is 30.3 Å². The van der Waals surface area contributed by atoms with Crippen LogP contribution in [0.4, 0.5) is 0 Å². The maximum Gasteiger partial charge on any atom is 0.375 e. The Morgan fingerprint density at radius 1 is 1.22 bits per heavy atom. The van der Waals surface area contributed by atoms with Crippen molar-refractivity contribution in [2.75, 3.05) is 13.1 Å². The van der Waals surface area contributed by atoms with Gasteiger partial charge in [-0.3, -0.25) is 9.59 Å². The first-order chi connectivity index (χ1) is 11.1. The minimum absolute atomic E-state index is 0.199. The monoisotopic (exact) mass is 315 g/mol. The van der Waals surface area contributed by atoms with E-state index in [1.165, 1.54) is 6.92 Å². The third kappa shape index (κ3) is 3.11. The Balaban J connectivity index is 1.77. The highest BCUT2D eigenvalue weighted by molar-refractivity contribution is 5.91. The van der Waals surface area contributed by atoms with E-state index >= 15 is 0 Å². The maximum atomic E-state index is 12.1. The lowest BCUT2D eigenvalue weighted by atomic mass is 10.2. The van der Waals surface area contributed by atoms with Crippen molar-refractivity contribution in [3.8, 4) is 0 Å². The third-order valence-corrected chi connectivity index (χ3v) is 3.89. The first-order valence-electron chi connectivity index (χ1n) is 7.59. The molecule has 23 heavy (non-hydrogen) atoms. The average Bonchev–Trinajstić information content (AvgIpc) is 3.08. The Labute approximate surface area is 132 Å². The van der Waals surface area contributed by atoms with Gasteiger partial charge in [-0.1, -0.05) is 12.1 Å². The Hall–Kier alpha value is -2.63. The highest BCUT2D eigenvalue weighted by Gasteiger charge is 2.27. The number of fused-ring (bicyclic) bond motifs is 1. The smallest absolute Gasteiger partial charge is 0.375 e. The molecule has 6 nitrogen and oxygen atoms in total. The Kier molecular flexibility index (Phi) is 4.14. The predicted octanol–water partition coefficient (Wildman–Crippen LogP) is 1.96. The molecule has 0 spiro atoms. The summed E-state index contributed by atoms with van der Waals surface area (Å²) in [6, 6.07) is 7.74.